The number of rotatable bonds is 12. The van der Waals surface area contributed by atoms with Crippen molar-refractivity contribution in [3.8, 4) is 0 Å². The number of aromatic amines is 1. The number of unbranched alkanes of at least 4 members (excludes halogenated alkanes) is 1. The molecule has 0 aliphatic heterocycles. The number of carbonyl (C=O) groups excluding carboxylic acids is 1. The summed E-state index contributed by atoms with van der Waals surface area (Å²) in [5.74, 6) is -1.11. The van der Waals surface area contributed by atoms with E-state index < -0.39 is 11.5 Å². The summed E-state index contributed by atoms with van der Waals surface area (Å²) in [5.41, 5.74) is 7.71. The van der Waals surface area contributed by atoms with E-state index in [1.807, 2.05) is 12.2 Å². The summed E-state index contributed by atoms with van der Waals surface area (Å²) in [7, 11) is 0. The molecule has 0 radical (unpaired) electrons. The number of amides is 1. The van der Waals surface area contributed by atoms with Crippen LogP contribution in [0, 0.1) is 6.92 Å². The van der Waals surface area contributed by atoms with E-state index in [0.29, 0.717) is 36.5 Å². The molecular formula is C24H32N6O6. The van der Waals surface area contributed by atoms with Gasteiger partial charge >= 0.3 is 5.97 Å². The fourth-order valence-electron chi connectivity index (χ4n) is 2.87. The number of carboxylic acids is 1. The van der Waals surface area contributed by atoms with Gasteiger partial charge in [0.1, 0.15) is 5.69 Å². The normalized spacial score (nSPS) is 10.9. The highest BCUT2D eigenvalue weighted by atomic mass is 16.4. The molecule has 2 aromatic rings. The average Bonchev–Trinajstić information content (AvgIpc) is 2.82. The van der Waals surface area contributed by atoms with Crippen molar-refractivity contribution in [2.24, 2.45) is 4.99 Å². The number of aryl methyl sites for hydroxylation is 1. The first-order chi connectivity index (χ1) is 17.2. The van der Waals surface area contributed by atoms with Crippen molar-refractivity contribution in [1.82, 2.24) is 15.3 Å². The number of aliphatic carboxylic acids is 1. The Kier molecular flexibility index (Phi) is 13.3. The number of nitrogens with two attached hydrogens (primary N) is 1. The van der Waals surface area contributed by atoms with Crippen molar-refractivity contribution < 1.29 is 24.6 Å². The maximum atomic E-state index is 12.2. The van der Waals surface area contributed by atoms with Gasteiger partial charge in [0.15, 0.2) is 0 Å². The van der Waals surface area contributed by atoms with Gasteiger partial charge in [-0.3, -0.25) is 24.2 Å². The molecule has 1 amide bonds. The molecule has 0 unspecified atom stereocenters. The number of nitrogen functional groups attached to an aromatic ring is 1. The number of aromatic nitrogens is 2. The van der Waals surface area contributed by atoms with Crippen molar-refractivity contribution in [2.45, 2.75) is 39.5 Å². The molecule has 12 nitrogen and oxygen atoms in total. The van der Waals surface area contributed by atoms with Crippen molar-refractivity contribution >= 4 is 41.4 Å². The molecule has 0 fully saturated rings. The Bertz CT molecular complexity index is 1120. The first-order valence-electron chi connectivity index (χ1n) is 11.2. The Morgan fingerprint density at radius 2 is 1.92 bits per heavy atom. The van der Waals surface area contributed by atoms with Crippen LogP contribution in [-0.2, 0) is 9.59 Å². The van der Waals surface area contributed by atoms with Crippen molar-refractivity contribution in [3.05, 3.63) is 58.0 Å². The topological polar surface area (TPSA) is 200 Å². The number of anilines is 2. The summed E-state index contributed by atoms with van der Waals surface area (Å²) in [6, 6.07) is 6.89. The lowest BCUT2D eigenvalue weighted by atomic mass is 10.2. The molecule has 1 heterocycles. The van der Waals surface area contributed by atoms with Crippen molar-refractivity contribution in [1.29, 1.82) is 0 Å². The highest BCUT2D eigenvalue weighted by Gasteiger charge is 2.08. The van der Waals surface area contributed by atoms with Crippen LogP contribution >= 0.6 is 0 Å². The van der Waals surface area contributed by atoms with E-state index in [9.17, 15) is 14.4 Å². The fourth-order valence-corrected chi connectivity index (χ4v) is 2.87. The largest absolute Gasteiger partial charge is 0.483 e. The Morgan fingerprint density at radius 1 is 1.25 bits per heavy atom. The second-order valence-electron chi connectivity index (χ2n) is 7.47. The molecule has 1 aromatic heterocycles. The number of aliphatic imine (C=N–C) groups is 1. The number of hydrogen-bond acceptors (Lipinski definition) is 8. The first kappa shape index (κ1) is 29.6. The van der Waals surface area contributed by atoms with E-state index in [0.717, 1.165) is 18.5 Å². The Labute approximate surface area is 208 Å². The molecule has 12 heteroatoms. The SMILES string of the molecule is CCC/C=C/C(CNc1ccc(C(=O)NCCCC(=O)O)cc1)=Nc1c(C)nc(N)[nH]c1=O.O=CO. The monoisotopic (exact) mass is 500 g/mol. The van der Waals surface area contributed by atoms with E-state index in [-0.39, 0.29) is 30.4 Å². The minimum Gasteiger partial charge on any atom is -0.483 e. The minimum absolute atomic E-state index is 0.0115. The van der Waals surface area contributed by atoms with E-state index in [4.69, 9.17) is 20.7 Å². The van der Waals surface area contributed by atoms with Gasteiger partial charge in [-0.2, -0.15) is 0 Å². The lowest BCUT2D eigenvalue weighted by Crippen LogP contribution is -2.24. The molecule has 0 saturated heterocycles. The second kappa shape index (κ2) is 16.2. The molecule has 2 rings (SSSR count). The zero-order valence-electron chi connectivity index (χ0n) is 20.3. The third-order valence-corrected chi connectivity index (χ3v) is 4.58. The van der Waals surface area contributed by atoms with E-state index >= 15 is 0 Å². The van der Waals surface area contributed by atoms with Crippen molar-refractivity contribution in [3.63, 3.8) is 0 Å². The van der Waals surface area contributed by atoms with Crippen LogP contribution in [0.5, 0.6) is 0 Å². The molecule has 1 aromatic carbocycles. The number of hydrogen-bond donors (Lipinski definition) is 6. The Balaban J connectivity index is 0.00000205. The number of nitrogens with one attached hydrogen (secondary N) is 3. The van der Waals surface area contributed by atoms with Gasteiger partial charge in [0.05, 0.1) is 18.0 Å². The van der Waals surface area contributed by atoms with Crippen LogP contribution in [0.25, 0.3) is 0 Å². The predicted molar refractivity (Wildman–Crippen MR) is 138 cm³/mol. The molecule has 0 bridgehead atoms. The first-order valence-corrected chi connectivity index (χ1v) is 11.2. The van der Waals surface area contributed by atoms with E-state index in [1.165, 1.54) is 0 Å². The predicted octanol–water partition coefficient (Wildman–Crippen LogP) is 2.50. The molecule has 194 valence electrons. The molecule has 0 spiro atoms. The average molecular weight is 501 g/mol. The fraction of sp³-hybridized carbons (Fsp3) is 0.333. The summed E-state index contributed by atoms with van der Waals surface area (Å²) >= 11 is 0. The summed E-state index contributed by atoms with van der Waals surface area (Å²) in [6.07, 6.45) is 6.11. The van der Waals surface area contributed by atoms with E-state index in [2.05, 4.69) is 32.5 Å². The molecule has 0 aliphatic rings. The molecular weight excluding hydrogens is 468 g/mol. The quantitative estimate of drug-likeness (QED) is 0.144. The summed E-state index contributed by atoms with van der Waals surface area (Å²) in [6.45, 7) is 4.15. The van der Waals surface area contributed by atoms with Gasteiger partial charge in [0.25, 0.3) is 17.9 Å². The summed E-state index contributed by atoms with van der Waals surface area (Å²) in [5, 5.41) is 21.5. The Hall–Kier alpha value is -4.48. The van der Waals surface area contributed by atoms with Crippen LogP contribution in [0.1, 0.15) is 48.7 Å². The standard InChI is InChI=1S/C23H30N6O4.CH2O2/c1-3-4-5-7-18(28-20-15(2)27-23(24)29-22(20)33)14-26-17-11-9-16(10-12-17)21(32)25-13-6-8-19(30)31;2-1-3/h5,7,9-12,26H,3-4,6,8,13-14H2,1-2H3,(H,25,32)(H,30,31)(H3,24,27,29,33);1H,(H,2,3)/b7-5+,28-18?;. The number of benzene rings is 1. The van der Waals surface area contributed by atoms with E-state index in [1.54, 1.807) is 31.2 Å². The van der Waals surface area contributed by atoms with Crippen LogP contribution in [0.15, 0.2) is 46.2 Å². The van der Waals surface area contributed by atoms with Gasteiger partial charge in [0.2, 0.25) is 5.95 Å². The number of nitrogens with zero attached hydrogens (tertiary/aromatic N) is 2. The van der Waals surface area contributed by atoms with Gasteiger partial charge in [-0.1, -0.05) is 19.4 Å². The molecule has 7 N–H and O–H groups in total. The highest BCUT2D eigenvalue weighted by Crippen LogP contribution is 2.13. The second-order valence-corrected chi connectivity index (χ2v) is 7.47. The van der Waals surface area contributed by atoms with Gasteiger partial charge in [-0.25, -0.2) is 9.98 Å². The number of carboxylic acid groups (broad SMARTS) is 2. The van der Waals surface area contributed by atoms with Crippen LogP contribution in [0.3, 0.4) is 0 Å². The Morgan fingerprint density at radius 3 is 2.50 bits per heavy atom. The molecule has 36 heavy (non-hydrogen) atoms. The maximum Gasteiger partial charge on any atom is 0.303 e. The van der Waals surface area contributed by atoms with Crippen molar-refractivity contribution in [2.75, 3.05) is 24.1 Å². The van der Waals surface area contributed by atoms with Crippen LogP contribution in [0.4, 0.5) is 17.3 Å². The number of carbonyl (C=O) groups is 3. The third-order valence-electron chi connectivity index (χ3n) is 4.58. The number of allylic oxidation sites excluding steroid dienone is 1. The minimum atomic E-state index is -0.889. The van der Waals surface area contributed by atoms with Crippen LogP contribution in [0.2, 0.25) is 0 Å². The zero-order valence-corrected chi connectivity index (χ0v) is 20.3. The van der Waals surface area contributed by atoms with Gasteiger partial charge in [-0.05, 0) is 50.1 Å². The van der Waals surface area contributed by atoms with Gasteiger partial charge in [0, 0.05) is 24.2 Å². The third kappa shape index (κ3) is 11.1. The lowest BCUT2D eigenvalue weighted by molar-refractivity contribution is -0.137. The smallest absolute Gasteiger partial charge is 0.303 e. The van der Waals surface area contributed by atoms with Gasteiger partial charge < -0.3 is 26.6 Å². The zero-order chi connectivity index (χ0) is 26.9. The number of H-pyrrole nitrogens is 1. The molecule has 0 saturated carbocycles. The maximum absolute atomic E-state index is 12.2. The summed E-state index contributed by atoms with van der Waals surface area (Å²) in [4.78, 5) is 54.3. The molecule has 0 atom stereocenters. The lowest BCUT2D eigenvalue weighted by Gasteiger charge is -2.09. The van der Waals surface area contributed by atoms with Gasteiger partial charge in [-0.15, -0.1) is 0 Å². The van der Waals surface area contributed by atoms with Crippen LogP contribution < -0.4 is 21.9 Å². The highest BCUT2D eigenvalue weighted by molar-refractivity contribution is 6.00. The summed E-state index contributed by atoms with van der Waals surface area (Å²) < 4.78 is 0. The van der Waals surface area contributed by atoms with Crippen LogP contribution in [-0.4, -0.2) is 57.3 Å². The molecule has 0 aliphatic carbocycles.